The van der Waals surface area contributed by atoms with Gasteiger partial charge in [-0.1, -0.05) is 27.7 Å². The van der Waals surface area contributed by atoms with Gasteiger partial charge in [-0.25, -0.2) is 0 Å². The lowest BCUT2D eigenvalue weighted by Crippen LogP contribution is -2.28. The molecule has 1 unspecified atom stereocenters. The Hall–Kier alpha value is -0.570. The lowest BCUT2D eigenvalue weighted by molar-refractivity contribution is -0.127. The first-order chi connectivity index (χ1) is 7.24. The predicted molar refractivity (Wildman–Crippen MR) is 67.0 cm³/mol. The number of nitrogens with zero attached hydrogens (tertiary/aromatic N) is 1. The molecular formula is C12H28N2O. The van der Waals surface area contributed by atoms with Crippen LogP contribution in [0.5, 0.6) is 0 Å². The SMILES string of the molecule is CC.CC.CNCC1CCN(C(C)=O)C1. The molecule has 1 rings (SSSR count). The molecule has 1 atom stereocenters. The molecule has 0 saturated carbocycles. The Balaban J connectivity index is 0. The van der Waals surface area contributed by atoms with Crippen LogP contribution in [0, 0.1) is 5.92 Å². The Morgan fingerprint density at radius 2 is 1.87 bits per heavy atom. The first-order valence-corrected chi connectivity index (χ1v) is 6.14. The Morgan fingerprint density at radius 1 is 1.33 bits per heavy atom. The second-order valence-electron chi connectivity index (χ2n) is 3.18. The van der Waals surface area contributed by atoms with Crippen LogP contribution in [0.4, 0.5) is 0 Å². The predicted octanol–water partition coefficient (Wildman–Crippen LogP) is 2.13. The molecule has 1 amide bonds. The van der Waals surface area contributed by atoms with E-state index in [1.807, 2.05) is 39.6 Å². The summed E-state index contributed by atoms with van der Waals surface area (Å²) in [5.74, 6) is 0.882. The lowest BCUT2D eigenvalue weighted by Gasteiger charge is -2.13. The van der Waals surface area contributed by atoms with Crippen LogP contribution in [0.1, 0.15) is 41.0 Å². The minimum atomic E-state index is 0.212. The zero-order valence-electron chi connectivity index (χ0n) is 11.3. The molecule has 0 aliphatic carbocycles. The van der Waals surface area contributed by atoms with Gasteiger partial charge in [-0.2, -0.15) is 0 Å². The normalized spacial score (nSPS) is 18.5. The first-order valence-electron chi connectivity index (χ1n) is 6.14. The van der Waals surface area contributed by atoms with Crippen LogP contribution in [0.15, 0.2) is 0 Å². The van der Waals surface area contributed by atoms with Gasteiger partial charge in [-0.05, 0) is 25.9 Å². The molecule has 1 aliphatic heterocycles. The first kappa shape index (κ1) is 16.8. The molecule has 0 aromatic heterocycles. The summed E-state index contributed by atoms with van der Waals surface area (Å²) in [4.78, 5) is 12.8. The third-order valence-electron chi connectivity index (χ3n) is 2.22. The van der Waals surface area contributed by atoms with Gasteiger partial charge < -0.3 is 10.2 Å². The highest BCUT2D eigenvalue weighted by atomic mass is 16.2. The second kappa shape index (κ2) is 11.5. The van der Waals surface area contributed by atoms with Crippen LogP contribution in [0.25, 0.3) is 0 Å². The molecule has 0 aromatic rings. The van der Waals surface area contributed by atoms with Crippen molar-refractivity contribution in [2.45, 2.75) is 41.0 Å². The molecule has 0 bridgehead atoms. The number of likely N-dealkylation sites (tertiary alicyclic amines) is 1. The smallest absolute Gasteiger partial charge is 0.219 e. The highest BCUT2D eigenvalue weighted by Crippen LogP contribution is 2.14. The van der Waals surface area contributed by atoms with Gasteiger partial charge in [0, 0.05) is 20.0 Å². The van der Waals surface area contributed by atoms with E-state index in [0.717, 1.165) is 26.1 Å². The molecule has 0 spiro atoms. The van der Waals surface area contributed by atoms with Gasteiger partial charge >= 0.3 is 0 Å². The van der Waals surface area contributed by atoms with Crippen molar-refractivity contribution in [1.82, 2.24) is 10.2 Å². The van der Waals surface area contributed by atoms with Crippen LogP contribution >= 0.6 is 0 Å². The summed E-state index contributed by atoms with van der Waals surface area (Å²) in [6.07, 6.45) is 1.15. The van der Waals surface area contributed by atoms with Crippen molar-refractivity contribution in [2.24, 2.45) is 5.92 Å². The summed E-state index contributed by atoms with van der Waals surface area (Å²) >= 11 is 0. The average Bonchev–Trinajstić information content (AvgIpc) is 2.73. The summed E-state index contributed by atoms with van der Waals surface area (Å²) in [7, 11) is 1.95. The molecule has 1 N–H and O–H groups in total. The van der Waals surface area contributed by atoms with E-state index in [-0.39, 0.29) is 5.91 Å². The van der Waals surface area contributed by atoms with Crippen molar-refractivity contribution in [1.29, 1.82) is 0 Å². The highest BCUT2D eigenvalue weighted by Gasteiger charge is 2.22. The Labute approximate surface area is 95.2 Å². The summed E-state index contributed by atoms with van der Waals surface area (Å²) in [5.41, 5.74) is 0. The van der Waals surface area contributed by atoms with E-state index in [1.54, 1.807) is 6.92 Å². The minimum absolute atomic E-state index is 0.212. The maximum absolute atomic E-state index is 10.9. The topological polar surface area (TPSA) is 32.3 Å². The van der Waals surface area contributed by atoms with Crippen molar-refractivity contribution < 1.29 is 4.79 Å². The summed E-state index contributed by atoms with van der Waals surface area (Å²) in [5, 5.41) is 3.13. The van der Waals surface area contributed by atoms with Crippen molar-refractivity contribution >= 4 is 5.91 Å². The molecule has 15 heavy (non-hydrogen) atoms. The van der Waals surface area contributed by atoms with Crippen LogP contribution in [-0.4, -0.2) is 37.5 Å². The number of nitrogens with one attached hydrogen (secondary N) is 1. The van der Waals surface area contributed by atoms with E-state index in [4.69, 9.17) is 0 Å². The number of amides is 1. The Morgan fingerprint density at radius 3 is 2.20 bits per heavy atom. The number of carbonyl (C=O) groups excluding carboxylic acids is 1. The molecule has 92 valence electrons. The van der Waals surface area contributed by atoms with Gasteiger partial charge in [-0.3, -0.25) is 4.79 Å². The van der Waals surface area contributed by atoms with Crippen molar-refractivity contribution in [3.8, 4) is 0 Å². The maximum Gasteiger partial charge on any atom is 0.219 e. The minimum Gasteiger partial charge on any atom is -0.343 e. The van der Waals surface area contributed by atoms with Gasteiger partial charge in [0.2, 0.25) is 5.91 Å². The van der Waals surface area contributed by atoms with Crippen molar-refractivity contribution in [3.63, 3.8) is 0 Å². The molecule has 0 aromatic carbocycles. The quantitative estimate of drug-likeness (QED) is 0.767. The fraction of sp³-hybridized carbons (Fsp3) is 0.917. The summed E-state index contributed by atoms with van der Waals surface area (Å²) in [6.45, 7) is 12.6. The van der Waals surface area contributed by atoms with E-state index in [0.29, 0.717) is 5.92 Å². The van der Waals surface area contributed by atoms with Gasteiger partial charge in [0.05, 0.1) is 0 Å². The van der Waals surface area contributed by atoms with Gasteiger partial charge in [-0.15, -0.1) is 0 Å². The third kappa shape index (κ3) is 7.37. The molecule has 1 heterocycles. The molecular weight excluding hydrogens is 188 g/mol. The summed E-state index contributed by atoms with van der Waals surface area (Å²) < 4.78 is 0. The largest absolute Gasteiger partial charge is 0.343 e. The second-order valence-corrected chi connectivity index (χ2v) is 3.18. The summed E-state index contributed by atoms with van der Waals surface area (Å²) in [6, 6.07) is 0. The number of hydrogen-bond acceptors (Lipinski definition) is 2. The monoisotopic (exact) mass is 216 g/mol. The number of carbonyl (C=O) groups is 1. The van der Waals surface area contributed by atoms with Crippen LogP contribution in [0.3, 0.4) is 0 Å². The van der Waals surface area contributed by atoms with Crippen molar-refractivity contribution in [2.75, 3.05) is 26.7 Å². The van der Waals surface area contributed by atoms with Crippen molar-refractivity contribution in [3.05, 3.63) is 0 Å². The standard InChI is InChI=1S/C8H16N2O.2C2H6/c1-7(11)10-4-3-8(6-10)5-9-2;2*1-2/h8-9H,3-6H2,1-2H3;2*1-2H3. The van der Waals surface area contributed by atoms with E-state index in [2.05, 4.69) is 5.32 Å². The van der Waals surface area contributed by atoms with E-state index in [1.165, 1.54) is 0 Å². The van der Waals surface area contributed by atoms with E-state index >= 15 is 0 Å². The average molecular weight is 216 g/mol. The lowest BCUT2D eigenvalue weighted by atomic mass is 10.1. The molecule has 1 fully saturated rings. The molecule has 0 radical (unpaired) electrons. The van der Waals surface area contributed by atoms with Gasteiger partial charge in [0.25, 0.3) is 0 Å². The van der Waals surface area contributed by atoms with Crippen LogP contribution in [-0.2, 0) is 4.79 Å². The van der Waals surface area contributed by atoms with Crippen LogP contribution < -0.4 is 5.32 Å². The number of rotatable bonds is 2. The molecule has 1 aliphatic rings. The zero-order chi connectivity index (χ0) is 12.3. The van der Waals surface area contributed by atoms with Crippen LogP contribution in [0.2, 0.25) is 0 Å². The third-order valence-corrected chi connectivity index (χ3v) is 2.22. The van der Waals surface area contributed by atoms with E-state index in [9.17, 15) is 4.79 Å². The van der Waals surface area contributed by atoms with Gasteiger partial charge in [0.15, 0.2) is 0 Å². The molecule has 1 saturated heterocycles. The Kier molecular flexibility index (Phi) is 12.9. The van der Waals surface area contributed by atoms with E-state index < -0.39 is 0 Å². The zero-order valence-corrected chi connectivity index (χ0v) is 11.3. The fourth-order valence-electron chi connectivity index (χ4n) is 1.57. The maximum atomic E-state index is 10.9. The number of hydrogen-bond donors (Lipinski definition) is 1. The highest BCUT2D eigenvalue weighted by molar-refractivity contribution is 5.73. The fourth-order valence-corrected chi connectivity index (χ4v) is 1.57. The molecule has 3 heteroatoms. The molecule has 3 nitrogen and oxygen atoms in total. The van der Waals surface area contributed by atoms with Gasteiger partial charge in [0.1, 0.15) is 0 Å². The Bertz CT molecular complexity index is 149.